The molecule has 0 saturated carbocycles. The summed E-state index contributed by atoms with van der Waals surface area (Å²) in [6.07, 6.45) is 3.51. The van der Waals surface area contributed by atoms with Crippen molar-refractivity contribution in [2.24, 2.45) is 0 Å². The third-order valence-corrected chi connectivity index (χ3v) is 2.68. The maximum absolute atomic E-state index is 11.0. The van der Waals surface area contributed by atoms with E-state index >= 15 is 0 Å². The summed E-state index contributed by atoms with van der Waals surface area (Å²) in [5, 5.41) is 8.92. The van der Waals surface area contributed by atoms with Gasteiger partial charge in [0.25, 0.3) is 0 Å². The highest BCUT2D eigenvalue weighted by Crippen LogP contribution is 2.25. The minimum atomic E-state index is -1.04. The Hall–Kier alpha value is -2.69. The summed E-state index contributed by atoms with van der Waals surface area (Å²) < 4.78 is 5.05. The van der Waals surface area contributed by atoms with Crippen molar-refractivity contribution in [3.63, 3.8) is 0 Å². The molecule has 0 atom stereocenters. The molecule has 0 saturated heterocycles. The number of carboxylic acids is 1. The second kappa shape index (κ2) is 5.30. The summed E-state index contributed by atoms with van der Waals surface area (Å²) in [5.41, 5.74) is 1.84. The zero-order valence-corrected chi connectivity index (χ0v) is 10.2. The van der Waals surface area contributed by atoms with Gasteiger partial charge >= 0.3 is 5.97 Å². The van der Waals surface area contributed by atoms with E-state index in [1.165, 1.54) is 19.4 Å². The van der Waals surface area contributed by atoms with E-state index in [4.69, 9.17) is 9.84 Å². The number of carbonyl (C=O) groups is 2. The molecule has 0 bridgehead atoms. The lowest BCUT2D eigenvalue weighted by atomic mass is 10.0. The van der Waals surface area contributed by atoms with Crippen molar-refractivity contribution in [3.05, 3.63) is 47.8 Å². The molecule has 0 fully saturated rings. The molecule has 2 rings (SSSR count). The van der Waals surface area contributed by atoms with Gasteiger partial charge in [0.15, 0.2) is 6.29 Å². The number of nitrogens with zero attached hydrogens (tertiary/aromatic N) is 1. The molecule has 0 aliphatic carbocycles. The standard InChI is InChI=1S/C14H11NO4/c1-19-13-3-2-9(4-12(13)8-16)10-5-11(14(17)18)7-15-6-10/h2-8H,1H3,(H,17,18). The summed E-state index contributed by atoms with van der Waals surface area (Å²) in [6, 6.07) is 6.54. The highest BCUT2D eigenvalue weighted by Gasteiger charge is 2.08. The van der Waals surface area contributed by atoms with Crippen LogP contribution in [0.15, 0.2) is 36.7 Å². The molecule has 96 valence electrons. The number of aromatic nitrogens is 1. The molecule has 0 aliphatic heterocycles. The number of ether oxygens (including phenoxy) is 1. The van der Waals surface area contributed by atoms with E-state index in [-0.39, 0.29) is 5.56 Å². The first-order valence-electron chi connectivity index (χ1n) is 5.47. The van der Waals surface area contributed by atoms with Gasteiger partial charge in [-0.2, -0.15) is 0 Å². The smallest absolute Gasteiger partial charge is 0.337 e. The van der Waals surface area contributed by atoms with Crippen molar-refractivity contribution in [3.8, 4) is 16.9 Å². The van der Waals surface area contributed by atoms with Gasteiger partial charge in [-0.25, -0.2) is 4.79 Å². The number of hydrogen-bond donors (Lipinski definition) is 1. The van der Waals surface area contributed by atoms with Crippen LogP contribution in [0.1, 0.15) is 20.7 Å². The van der Waals surface area contributed by atoms with E-state index in [9.17, 15) is 9.59 Å². The molecule has 19 heavy (non-hydrogen) atoms. The van der Waals surface area contributed by atoms with Crippen LogP contribution in [0.25, 0.3) is 11.1 Å². The van der Waals surface area contributed by atoms with Gasteiger partial charge in [0, 0.05) is 18.0 Å². The zero-order valence-electron chi connectivity index (χ0n) is 10.2. The van der Waals surface area contributed by atoms with Crippen LogP contribution in [0.2, 0.25) is 0 Å². The molecular formula is C14H11NO4. The lowest BCUT2D eigenvalue weighted by molar-refractivity contribution is 0.0696. The highest BCUT2D eigenvalue weighted by molar-refractivity contribution is 5.89. The minimum absolute atomic E-state index is 0.0981. The van der Waals surface area contributed by atoms with Gasteiger partial charge in [-0.3, -0.25) is 9.78 Å². The van der Waals surface area contributed by atoms with Gasteiger partial charge in [-0.15, -0.1) is 0 Å². The first-order chi connectivity index (χ1) is 9.15. The SMILES string of the molecule is COc1ccc(-c2cncc(C(=O)O)c2)cc1C=O. The van der Waals surface area contributed by atoms with Crippen LogP contribution in [-0.2, 0) is 0 Å². The normalized spacial score (nSPS) is 9.95. The lowest BCUT2D eigenvalue weighted by Crippen LogP contribution is -1.97. The number of carboxylic acid groups (broad SMARTS) is 1. The number of methoxy groups -OCH3 is 1. The van der Waals surface area contributed by atoms with Crippen LogP contribution in [0.5, 0.6) is 5.75 Å². The van der Waals surface area contributed by atoms with Crippen LogP contribution >= 0.6 is 0 Å². The quantitative estimate of drug-likeness (QED) is 0.850. The van der Waals surface area contributed by atoms with Crippen molar-refractivity contribution in [1.82, 2.24) is 4.98 Å². The molecule has 1 aromatic carbocycles. The Balaban J connectivity index is 2.50. The van der Waals surface area contributed by atoms with Crippen molar-refractivity contribution < 1.29 is 19.4 Å². The van der Waals surface area contributed by atoms with Crippen LogP contribution in [-0.4, -0.2) is 29.5 Å². The molecule has 5 nitrogen and oxygen atoms in total. The Kier molecular flexibility index (Phi) is 3.56. The highest BCUT2D eigenvalue weighted by atomic mass is 16.5. The lowest BCUT2D eigenvalue weighted by Gasteiger charge is -2.07. The Morgan fingerprint density at radius 3 is 2.68 bits per heavy atom. The average molecular weight is 257 g/mol. The maximum atomic E-state index is 11.0. The van der Waals surface area contributed by atoms with Crippen molar-refractivity contribution in [1.29, 1.82) is 0 Å². The monoisotopic (exact) mass is 257 g/mol. The van der Waals surface area contributed by atoms with Crippen molar-refractivity contribution in [2.45, 2.75) is 0 Å². The zero-order chi connectivity index (χ0) is 13.8. The fourth-order valence-corrected chi connectivity index (χ4v) is 1.72. The predicted octanol–water partition coefficient (Wildman–Crippen LogP) is 2.27. The Morgan fingerprint density at radius 1 is 1.26 bits per heavy atom. The van der Waals surface area contributed by atoms with E-state index in [0.717, 1.165) is 0 Å². The Labute approximate surface area is 109 Å². The number of aromatic carboxylic acids is 1. The van der Waals surface area contributed by atoms with Gasteiger partial charge in [0.05, 0.1) is 18.2 Å². The van der Waals surface area contributed by atoms with E-state index < -0.39 is 5.97 Å². The van der Waals surface area contributed by atoms with E-state index in [2.05, 4.69) is 4.98 Å². The third kappa shape index (κ3) is 2.60. The van der Waals surface area contributed by atoms with Crippen LogP contribution in [0.3, 0.4) is 0 Å². The number of benzene rings is 1. The summed E-state index contributed by atoms with van der Waals surface area (Å²) >= 11 is 0. The molecule has 0 spiro atoms. The molecule has 2 aromatic rings. The minimum Gasteiger partial charge on any atom is -0.496 e. The molecular weight excluding hydrogens is 246 g/mol. The number of hydrogen-bond acceptors (Lipinski definition) is 4. The first-order valence-corrected chi connectivity index (χ1v) is 5.47. The first kappa shape index (κ1) is 12.8. The van der Waals surface area contributed by atoms with Gasteiger partial charge in [-0.1, -0.05) is 6.07 Å². The van der Waals surface area contributed by atoms with Crippen LogP contribution in [0, 0.1) is 0 Å². The van der Waals surface area contributed by atoms with Crippen LogP contribution < -0.4 is 4.74 Å². The average Bonchev–Trinajstić information content (AvgIpc) is 2.46. The number of aldehydes is 1. The fourth-order valence-electron chi connectivity index (χ4n) is 1.72. The summed E-state index contributed by atoms with van der Waals surface area (Å²) in [4.78, 5) is 25.7. The maximum Gasteiger partial charge on any atom is 0.337 e. The largest absolute Gasteiger partial charge is 0.496 e. The van der Waals surface area contributed by atoms with Crippen molar-refractivity contribution >= 4 is 12.3 Å². The van der Waals surface area contributed by atoms with E-state index in [1.54, 1.807) is 24.4 Å². The summed E-state index contributed by atoms with van der Waals surface area (Å²) in [7, 11) is 1.48. The van der Waals surface area contributed by atoms with E-state index in [0.29, 0.717) is 28.7 Å². The Bertz CT molecular complexity index is 637. The number of rotatable bonds is 4. The van der Waals surface area contributed by atoms with Gasteiger partial charge in [-0.05, 0) is 23.8 Å². The van der Waals surface area contributed by atoms with Gasteiger partial charge in [0.2, 0.25) is 0 Å². The topological polar surface area (TPSA) is 76.5 Å². The second-order valence-corrected chi connectivity index (χ2v) is 3.84. The number of pyridine rings is 1. The second-order valence-electron chi connectivity index (χ2n) is 3.84. The summed E-state index contributed by atoms with van der Waals surface area (Å²) in [5.74, 6) is -0.570. The molecule has 0 radical (unpaired) electrons. The fraction of sp³-hybridized carbons (Fsp3) is 0.0714. The molecule has 1 heterocycles. The summed E-state index contributed by atoms with van der Waals surface area (Å²) in [6.45, 7) is 0. The van der Waals surface area contributed by atoms with Crippen molar-refractivity contribution in [2.75, 3.05) is 7.11 Å². The molecule has 5 heteroatoms. The van der Waals surface area contributed by atoms with Gasteiger partial charge < -0.3 is 9.84 Å². The van der Waals surface area contributed by atoms with Crippen LogP contribution in [0.4, 0.5) is 0 Å². The van der Waals surface area contributed by atoms with E-state index in [1.807, 2.05) is 0 Å². The molecule has 0 amide bonds. The molecule has 1 aromatic heterocycles. The third-order valence-electron chi connectivity index (χ3n) is 2.68. The van der Waals surface area contributed by atoms with Gasteiger partial charge in [0.1, 0.15) is 5.75 Å². The molecule has 1 N–H and O–H groups in total. The predicted molar refractivity (Wildman–Crippen MR) is 68.6 cm³/mol. The Morgan fingerprint density at radius 2 is 2.05 bits per heavy atom. The molecule has 0 aliphatic rings. The number of carbonyl (C=O) groups excluding carboxylic acids is 1. The molecule has 0 unspecified atom stereocenters.